The van der Waals surface area contributed by atoms with Crippen LogP contribution < -0.4 is 16.4 Å². The number of benzene rings is 2. The summed E-state index contributed by atoms with van der Waals surface area (Å²) in [6, 6.07) is 13.4. The first-order valence-electron chi connectivity index (χ1n) is 8.01. The molecule has 134 valence electrons. The van der Waals surface area contributed by atoms with Crippen molar-refractivity contribution in [3.05, 3.63) is 64.7 Å². The molecule has 6 heteroatoms. The zero-order valence-corrected chi connectivity index (χ0v) is 17.1. The summed E-state index contributed by atoms with van der Waals surface area (Å²) in [4.78, 5) is 16.2. The fraction of sp³-hybridized carbons (Fsp3) is 0.263. The first-order valence-corrected chi connectivity index (χ1v) is 8.01. The van der Waals surface area contributed by atoms with Crippen molar-refractivity contribution < 1.29 is 4.79 Å². The Bertz CT molecular complexity index is 759. The van der Waals surface area contributed by atoms with Gasteiger partial charge in [-0.05, 0) is 61.7 Å². The normalized spacial score (nSPS) is 10.8. The molecule has 0 atom stereocenters. The maximum Gasteiger partial charge on any atom is 0.251 e. The average molecular weight is 452 g/mol. The van der Waals surface area contributed by atoms with E-state index in [-0.39, 0.29) is 29.9 Å². The number of carbonyl (C=O) groups excluding carboxylic acids is 1. The highest BCUT2D eigenvalue weighted by molar-refractivity contribution is 14.0. The zero-order valence-electron chi connectivity index (χ0n) is 14.8. The lowest BCUT2D eigenvalue weighted by atomic mass is 10.1. The Morgan fingerprint density at radius 1 is 1.12 bits per heavy atom. The Morgan fingerprint density at radius 3 is 2.56 bits per heavy atom. The van der Waals surface area contributed by atoms with Gasteiger partial charge < -0.3 is 16.4 Å². The van der Waals surface area contributed by atoms with Gasteiger partial charge in [-0.1, -0.05) is 18.2 Å². The fourth-order valence-corrected chi connectivity index (χ4v) is 2.26. The number of aliphatic imine (C=N–C) groups is 1. The van der Waals surface area contributed by atoms with Gasteiger partial charge in [-0.25, -0.2) is 4.99 Å². The quantitative estimate of drug-likeness (QED) is 0.369. The van der Waals surface area contributed by atoms with Crippen molar-refractivity contribution in [2.45, 2.75) is 27.3 Å². The van der Waals surface area contributed by atoms with Crippen LogP contribution in [0.1, 0.15) is 34.0 Å². The third kappa shape index (κ3) is 6.38. The van der Waals surface area contributed by atoms with Gasteiger partial charge in [0.25, 0.3) is 5.91 Å². The number of nitrogens with two attached hydrogens (primary N) is 1. The Labute approximate surface area is 166 Å². The van der Waals surface area contributed by atoms with Crippen LogP contribution in [0.2, 0.25) is 0 Å². The molecule has 0 saturated heterocycles. The van der Waals surface area contributed by atoms with E-state index in [0.29, 0.717) is 24.6 Å². The number of nitrogens with one attached hydrogen (secondary N) is 2. The molecule has 2 rings (SSSR count). The van der Waals surface area contributed by atoms with E-state index in [9.17, 15) is 4.79 Å². The monoisotopic (exact) mass is 452 g/mol. The predicted molar refractivity (Wildman–Crippen MR) is 115 cm³/mol. The number of hydrogen-bond acceptors (Lipinski definition) is 2. The second-order valence-electron chi connectivity index (χ2n) is 5.69. The third-order valence-corrected chi connectivity index (χ3v) is 3.74. The number of hydrogen-bond donors (Lipinski definition) is 3. The molecule has 2 aromatic rings. The van der Waals surface area contributed by atoms with Gasteiger partial charge in [0, 0.05) is 17.8 Å². The lowest BCUT2D eigenvalue weighted by Crippen LogP contribution is -2.23. The Balaban J connectivity index is 0.00000312. The number of nitrogens with zero attached hydrogens (tertiary/aromatic N) is 1. The summed E-state index contributed by atoms with van der Waals surface area (Å²) in [6.07, 6.45) is 0. The average Bonchev–Trinajstić information content (AvgIpc) is 2.57. The van der Waals surface area contributed by atoms with Crippen LogP contribution >= 0.6 is 24.0 Å². The molecular weight excluding hydrogens is 427 g/mol. The predicted octanol–water partition coefficient (Wildman–Crippen LogP) is 3.60. The van der Waals surface area contributed by atoms with Gasteiger partial charge >= 0.3 is 0 Å². The summed E-state index contributed by atoms with van der Waals surface area (Å²) < 4.78 is 0. The molecule has 0 spiro atoms. The molecule has 0 aromatic heterocycles. The van der Waals surface area contributed by atoms with Crippen LogP contribution in [-0.2, 0) is 6.54 Å². The molecule has 0 bridgehead atoms. The number of amides is 1. The molecule has 2 aromatic carbocycles. The molecule has 0 aliphatic carbocycles. The Morgan fingerprint density at radius 2 is 1.88 bits per heavy atom. The molecule has 0 unspecified atom stereocenters. The van der Waals surface area contributed by atoms with Crippen LogP contribution in [0.5, 0.6) is 0 Å². The van der Waals surface area contributed by atoms with Crippen LogP contribution in [0.4, 0.5) is 5.69 Å². The van der Waals surface area contributed by atoms with Crippen molar-refractivity contribution in [3.8, 4) is 0 Å². The Hall–Kier alpha value is -2.09. The SMILES string of the molecule is CCNC(=O)c1cccc(CN=C(N)Nc2ccc(C)c(C)c2)c1.I. The molecular formula is C19H25IN4O. The second kappa shape index (κ2) is 10.0. The number of halogens is 1. The molecule has 0 saturated carbocycles. The smallest absolute Gasteiger partial charge is 0.251 e. The molecule has 5 nitrogen and oxygen atoms in total. The highest BCUT2D eigenvalue weighted by Gasteiger charge is 2.04. The van der Waals surface area contributed by atoms with E-state index >= 15 is 0 Å². The van der Waals surface area contributed by atoms with E-state index in [2.05, 4.69) is 29.5 Å². The van der Waals surface area contributed by atoms with E-state index in [1.54, 1.807) is 6.07 Å². The minimum absolute atomic E-state index is 0. The number of guanidine groups is 1. The maximum absolute atomic E-state index is 11.9. The van der Waals surface area contributed by atoms with Crippen molar-refractivity contribution in [3.63, 3.8) is 0 Å². The summed E-state index contributed by atoms with van der Waals surface area (Å²) in [5, 5.41) is 5.87. The standard InChI is InChI=1S/C19H24N4O.HI/c1-4-21-18(24)16-7-5-6-15(11-16)12-22-19(20)23-17-9-8-13(2)14(3)10-17;/h5-11H,4,12H2,1-3H3,(H,21,24)(H3,20,22,23);1H. The van der Waals surface area contributed by atoms with Crippen LogP contribution in [0.25, 0.3) is 0 Å². The molecule has 0 fully saturated rings. The van der Waals surface area contributed by atoms with Gasteiger partial charge in [0.1, 0.15) is 0 Å². The molecule has 0 aliphatic rings. The highest BCUT2D eigenvalue weighted by Crippen LogP contribution is 2.14. The van der Waals surface area contributed by atoms with Crippen LogP contribution in [0, 0.1) is 13.8 Å². The van der Waals surface area contributed by atoms with Crippen molar-refractivity contribution in [2.75, 3.05) is 11.9 Å². The van der Waals surface area contributed by atoms with Crippen LogP contribution in [0.15, 0.2) is 47.5 Å². The first kappa shape index (κ1) is 21.0. The van der Waals surface area contributed by atoms with Gasteiger partial charge in [-0.15, -0.1) is 24.0 Å². The molecule has 25 heavy (non-hydrogen) atoms. The topological polar surface area (TPSA) is 79.5 Å². The number of aryl methyl sites for hydroxylation is 2. The van der Waals surface area contributed by atoms with E-state index in [0.717, 1.165) is 11.3 Å². The van der Waals surface area contributed by atoms with E-state index in [1.165, 1.54) is 11.1 Å². The molecule has 0 aliphatic heterocycles. The summed E-state index contributed by atoms with van der Waals surface area (Å²) in [5.74, 6) is 0.270. The van der Waals surface area contributed by atoms with Crippen molar-refractivity contribution in [2.24, 2.45) is 10.7 Å². The summed E-state index contributed by atoms with van der Waals surface area (Å²) in [7, 11) is 0. The van der Waals surface area contributed by atoms with Crippen LogP contribution in [0.3, 0.4) is 0 Å². The van der Waals surface area contributed by atoms with Crippen molar-refractivity contribution >= 4 is 41.5 Å². The Kier molecular flexibility index (Phi) is 8.40. The van der Waals surface area contributed by atoms with Gasteiger partial charge in [0.15, 0.2) is 5.96 Å². The lowest BCUT2D eigenvalue weighted by molar-refractivity contribution is 0.0955. The molecule has 0 heterocycles. The summed E-state index contributed by atoms with van der Waals surface area (Å²) in [6.45, 7) is 7.04. The molecule has 1 amide bonds. The van der Waals surface area contributed by atoms with Crippen LogP contribution in [-0.4, -0.2) is 18.4 Å². The first-order chi connectivity index (χ1) is 11.5. The third-order valence-electron chi connectivity index (χ3n) is 3.74. The minimum Gasteiger partial charge on any atom is -0.370 e. The molecule has 4 N–H and O–H groups in total. The van der Waals surface area contributed by atoms with E-state index < -0.39 is 0 Å². The maximum atomic E-state index is 11.9. The highest BCUT2D eigenvalue weighted by atomic mass is 127. The number of carbonyl (C=O) groups is 1. The summed E-state index contributed by atoms with van der Waals surface area (Å²) in [5.41, 5.74) is 10.9. The zero-order chi connectivity index (χ0) is 17.5. The fourth-order valence-electron chi connectivity index (χ4n) is 2.26. The second-order valence-corrected chi connectivity index (χ2v) is 5.69. The number of rotatable bonds is 5. The van der Waals surface area contributed by atoms with Gasteiger partial charge in [-0.3, -0.25) is 4.79 Å². The summed E-state index contributed by atoms with van der Waals surface area (Å²) >= 11 is 0. The van der Waals surface area contributed by atoms with Crippen molar-refractivity contribution in [1.29, 1.82) is 0 Å². The van der Waals surface area contributed by atoms with E-state index in [4.69, 9.17) is 5.73 Å². The number of anilines is 1. The van der Waals surface area contributed by atoms with Gasteiger partial charge in [0.2, 0.25) is 0 Å². The van der Waals surface area contributed by atoms with Crippen molar-refractivity contribution in [1.82, 2.24) is 5.32 Å². The van der Waals surface area contributed by atoms with E-state index in [1.807, 2.05) is 43.3 Å². The minimum atomic E-state index is -0.0791. The van der Waals surface area contributed by atoms with Gasteiger partial charge in [-0.2, -0.15) is 0 Å². The lowest BCUT2D eigenvalue weighted by Gasteiger charge is -2.08. The molecule has 0 radical (unpaired) electrons. The van der Waals surface area contributed by atoms with Gasteiger partial charge in [0.05, 0.1) is 6.54 Å². The largest absolute Gasteiger partial charge is 0.370 e.